The number of benzene rings is 2. The average molecular weight is 464 g/mol. The second-order valence-electron chi connectivity index (χ2n) is 8.50. The van der Waals surface area contributed by atoms with Crippen LogP contribution in [0.4, 0.5) is 5.95 Å². The Morgan fingerprint density at radius 3 is 2.48 bits per heavy atom. The minimum absolute atomic E-state index is 0.0750. The molecular formula is C25H26ClN5O2. The van der Waals surface area contributed by atoms with Crippen molar-refractivity contribution in [3.8, 4) is 0 Å². The topological polar surface area (TPSA) is 83.4 Å². The fourth-order valence-corrected chi connectivity index (χ4v) is 3.91. The smallest absolute Gasteiger partial charge is 0.277 e. The number of hydrogen-bond donors (Lipinski definition) is 1. The number of nitrogens with zero attached hydrogens (tertiary/aromatic N) is 4. The van der Waals surface area contributed by atoms with E-state index in [2.05, 4.69) is 15.1 Å². The first-order valence-corrected chi connectivity index (χ1v) is 11.3. The summed E-state index contributed by atoms with van der Waals surface area (Å²) in [6.07, 6.45) is 0.720. The highest BCUT2D eigenvalue weighted by molar-refractivity contribution is 6.31. The molecule has 2 aromatic heterocycles. The summed E-state index contributed by atoms with van der Waals surface area (Å²) in [5.74, 6) is 0.633. The Balaban J connectivity index is 1.75. The van der Waals surface area contributed by atoms with Crippen LogP contribution in [-0.4, -0.2) is 25.5 Å². The molecule has 2 heterocycles. The molecule has 1 N–H and O–H groups in total. The molecule has 0 spiro atoms. The lowest BCUT2D eigenvalue weighted by Gasteiger charge is -2.20. The largest absolute Gasteiger partial charge is 0.277 e. The van der Waals surface area contributed by atoms with Crippen molar-refractivity contribution in [2.75, 3.05) is 4.90 Å². The summed E-state index contributed by atoms with van der Waals surface area (Å²) in [6.45, 7) is 6.11. The third kappa shape index (κ3) is 4.98. The molecule has 0 atom stereocenters. The maximum atomic E-state index is 13.3. The second kappa shape index (κ2) is 9.58. The van der Waals surface area contributed by atoms with Gasteiger partial charge in [0.25, 0.3) is 11.3 Å². The molecule has 0 fully saturated rings. The van der Waals surface area contributed by atoms with Crippen LogP contribution in [0.25, 0.3) is 5.78 Å². The van der Waals surface area contributed by atoms with Crippen LogP contribution < -0.4 is 10.5 Å². The van der Waals surface area contributed by atoms with Gasteiger partial charge in [-0.3, -0.25) is 19.6 Å². The number of carbonyl (C=O) groups excluding carboxylic acids is 1. The zero-order valence-corrected chi connectivity index (χ0v) is 19.6. The van der Waals surface area contributed by atoms with Crippen LogP contribution in [0.3, 0.4) is 0 Å². The van der Waals surface area contributed by atoms with Gasteiger partial charge >= 0.3 is 0 Å². The van der Waals surface area contributed by atoms with Crippen LogP contribution in [0.5, 0.6) is 0 Å². The highest BCUT2D eigenvalue weighted by Crippen LogP contribution is 2.20. The van der Waals surface area contributed by atoms with Crippen molar-refractivity contribution in [2.45, 2.75) is 40.2 Å². The van der Waals surface area contributed by atoms with Gasteiger partial charge in [-0.15, -0.1) is 0 Å². The molecule has 4 rings (SSSR count). The molecule has 2 aromatic carbocycles. The number of carbonyl (C=O) groups is 1. The van der Waals surface area contributed by atoms with Gasteiger partial charge in [0.05, 0.1) is 12.2 Å². The predicted molar refractivity (Wildman–Crippen MR) is 130 cm³/mol. The summed E-state index contributed by atoms with van der Waals surface area (Å²) < 4.78 is 1.30. The minimum atomic E-state index is -0.257. The number of aryl methyl sites for hydroxylation is 1. The Labute approximate surface area is 197 Å². The molecule has 170 valence electrons. The first kappa shape index (κ1) is 22.7. The molecule has 0 radical (unpaired) electrons. The molecule has 4 aromatic rings. The predicted octanol–water partition coefficient (Wildman–Crippen LogP) is 4.55. The summed E-state index contributed by atoms with van der Waals surface area (Å²) in [5.41, 5.74) is 2.66. The molecule has 0 bridgehead atoms. The monoisotopic (exact) mass is 463 g/mol. The van der Waals surface area contributed by atoms with Gasteiger partial charge in [0, 0.05) is 23.4 Å². The third-order valence-electron chi connectivity index (χ3n) is 5.43. The van der Waals surface area contributed by atoms with Gasteiger partial charge in [0.2, 0.25) is 11.9 Å². The van der Waals surface area contributed by atoms with E-state index in [-0.39, 0.29) is 23.2 Å². The van der Waals surface area contributed by atoms with Gasteiger partial charge in [-0.25, -0.2) is 4.98 Å². The number of anilines is 1. The van der Waals surface area contributed by atoms with Crippen molar-refractivity contribution >= 4 is 29.2 Å². The van der Waals surface area contributed by atoms with Crippen molar-refractivity contribution in [1.82, 2.24) is 19.6 Å². The average Bonchev–Trinajstić information content (AvgIpc) is 3.20. The van der Waals surface area contributed by atoms with Crippen molar-refractivity contribution in [3.63, 3.8) is 0 Å². The van der Waals surface area contributed by atoms with E-state index in [0.29, 0.717) is 41.6 Å². The fourth-order valence-electron chi connectivity index (χ4n) is 3.71. The number of halogens is 1. The number of amides is 1. The van der Waals surface area contributed by atoms with Crippen LogP contribution in [0.15, 0.2) is 59.4 Å². The van der Waals surface area contributed by atoms with E-state index in [1.807, 2.05) is 62.4 Å². The number of aromatic nitrogens is 4. The Kier molecular flexibility index (Phi) is 6.60. The first-order valence-electron chi connectivity index (χ1n) is 10.9. The molecule has 7 nitrogen and oxygen atoms in total. The summed E-state index contributed by atoms with van der Waals surface area (Å²) >= 11 is 6.30. The van der Waals surface area contributed by atoms with Crippen LogP contribution >= 0.6 is 11.6 Å². The Morgan fingerprint density at radius 1 is 1.09 bits per heavy atom. The number of nitrogens with one attached hydrogen (secondary N) is 1. The zero-order chi connectivity index (χ0) is 23.5. The molecule has 33 heavy (non-hydrogen) atoms. The van der Waals surface area contributed by atoms with E-state index in [4.69, 9.17) is 11.6 Å². The summed E-state index contributed by atoms with van der Waals surface area (Å²) in [7, 11) is 0. The Morgan fingerprint density at radius 2 is 1.79 bits per heavy atom. The lowest BCUT2D eigenvalue weighted by Crippen LogP contribution is -2.32. The lowest BCUT2D eigenvalue weighted by atomic mass is 10.1. The molecule has 0 saturated carbocycles. The van der Waals surface area contributed by atoms with E-state index < -0.39 is 0 Å². The van der Waals surface area contributed by atoms with Crippen molar-refractivity contribution in [2.24, 2.45) is 5.92 Å². The maximum Gasteiger partial charge on any atom is 0.277 e. The minimum Gasteiger partial charge on any atom is -0.277 e. The lowest BCUT2D eigenvalue weighted by molar-refractivity contribution is -0.119. The quantitative estimate of drug-likeness (QED) is 0.436. The van der Waals surface area contributed by atoms with E-state index in [9.17, 15) is 9.59 Å². The standard InChI is InChI=1S/C25H26ClN5O2/c1-16(2)13-22(32)30(15-18-9-5-4-6-10-18)25-28-24-27-17(3)20(23(33)31(24)29-25)14-19-11-7-8-12-21(19)26/h4-12,16H,13-15H2,1-3H3,(H,27,28,29). The molecule has 0 aliphatic carbocycles. The molecule has 0 unspecified atom stereocenters. The van der Waals surface area contributed by atoms with E-state index in [0.717, 1.165) is 11.1 Å². The Bertz CT molecular complexity index is 1340. The van der Waals surface area contributed by atoms with E-state index in [1.165, 1.54) is 4.52 Å². The van der Waals surface area contributed by atoms with Gasteiger partial charge in [0.1, 0.15) is 0 Å². The number of aromatic amines is 1. The van der Waals surface area contributed by atoms with Crippen molar-refractivity contribution in [3.05, 3.63) is 92.4 Å². The van der Waals surface area contributed by atoms with Crippen molar-refractivity contribution in [1.29, 1.82) is 0 Å². The molecule has 1 amide bonds. The second-order valence-corrected chi connectivity index (χ2v) is 8.90. The van der Waals surface area contributed by atoms with Gasteiger partial charge in [0.15, 0.2) is 0 Å². The van der Waals surface area contributed by atoms with Crippen LogP contribution in [-0.2, 0) is 17.8 Å². The summed E-state index contributed by atoms with van der Waals surface area (Å²) in [4.78, 5) is 37.0. The fraction of sp³-hybridized carbons (Fsp3) is 0.280. The van der Waals surface area contributed by atoms with Crippen LogP contribution in [0, 0.1) is 12.8 Å². The van der Waals surface area contributed by atoms with Gasteiger partial charge in [-0.05, 0) is 30.0 Å². The number of fused-ring (bicyclic) bond motifs is 1. The normalized spacial score (nSPS) is 11.3. The highest BCUT2D eigenvalue weighted by Gasteiger charge is 2.23. The SMILES string of the molecule is Cc1nc2nc(N(Cc3ccccc3)C(=O)CC(C)C)[nH]n2c(=O)c1Cc1ccccc1Cl. The van der Waals surface area contributed by atoms with E-state index in [1.54, 1.807) is 17.9 Å². The molecule has 0 aliphatic rings. The van der Waals surface area contributed by atoms with Crippen LogP contribution in [0.2, 0.25) is 5.02 Å². The molecule has 0 aliphatic heterocycles. The maximum absolute atomic E-state index is 13.3. The van der Waals surface area contributed by atoms with E-state index >= 15 is 0 Å². The van der Waals surface area contributed by atoms with Crippen LogP contribution in [0.1, 0.15) is 42.7 Å². The summed E-state index contributed by atoms with van der Waals surface area (Å²) in [6, 6.07) is 17.1. The highest BCUT2D eigenvalue weighted by atomic mass is 35.5. The first-order chi connectivity index (χ1) is 15.8. The van der Waals surface area contributed by atoms with Crippen molar-refractivity contribution < 1.29 is 4.79 Å². The number of rotatable bonds is 7. The number of hydrogen-bond acceptors (Lipinski definition) is 4. The van der Waals surface area contributed by atoms with Gasteiger partial charge < -0.3 is 0 Å². The zero-order valence-electron chi connectivity index (χ0n) is 18.9. The van der Waals surface area contributed by atoms with Gasteiger partial charge in [-0.1, -0.05) is 74.0 Å². The molecule has 8 heteroatoms. The molecular weight excluding hydrogens is 438 g/mol. The Hall–Kier alpha value is -3.45. The summed E-state index contributed by atoms with van der Waals surface area (Å²) in [5, 5.41) is 3.61. The van der Waals surface area contributed by atoms with Gasteiger partial charge in [-0.2, -0.15) is 9.50 Å². The number of H-pyrrole nitrogens is 1. The molecule has 0 saturated heterocycles. The third-order valence-corrected chi connectivity index (χ3v) is 5.80.